The van der Waals surface area contributed by atoms with E-state index >= 15 is 0 Å². The van der Waals surface area contributed by atoms with Crippen molar-refractivity contribution < 1.29 is 4.79 Å². The summed E-state index contributed by atoms with van der Waals surface area (Å²) in [6, 6.07) is 23.5. The van der Waals surface area contributed by atoms with Crippen molar-refractivity contribution in [3.8, 4) is 0 Å². The summed E-state index contributed by atoms with van der Waals surface area (Å²) in [5.41, 5.74) is 4.65. The van der Waals surface area contributed by atoms with Gasteiger partial charge in [-0.1, -0.05) is 68.8 Å². The van der Waals surface area contributed by atoms with E-state index in [2.05, 4.69) is 38.2 Å². The Bertz CT molecular complexity index is 1000. The van der Waals surface area contributed by atoms with Crippen molar-refractivity contribution in [3.05, 3.63) is 94.5 Å². The van der Waals surface area contributed by atoms with Crippen LogP contribution in [0, 0.1) is 0 Å². The molecule has 0 aromatic heterocycles. The summed E-state index contributed by atoms with van der Waals surface area (Å²) in [5, 5.41) is 4.19. The average molecular weight is 391 g/mol. The van der Waals surface area contributed by atoms with Gasteiger partial charge in [0.05, 0.1) is 5.56 Å². The van der Waals surface area contributed by atoms with Crippen LogP contribution in [0.5, 0.6) is 0 Å². The van der Waals surface area contributed by atoms with Crippen LogP contribution in [0.15, 0.2) is 72.8 Å². The van der Waals surface area contributed by atoms with Crippen LogP contribution in [0.25, 0.3) is 0 Å². The van der Waals surface area contributed by atoms with Crippen molar-refractivity contribution in [1.82, 2.24) is 0 Å². The van der Waals surface area contributed by atoms with Crippen molar-refractivity contribution in [2.24, 2.45) is 0 Å². The SMILES string of the molecule is CC(C)(C)c1ccc(N2C(=O)c3ccccc3NC2c2ccc(Cl)cc2)cc1. The van der Waals surface area contributed by atoms with E-state index in [9.17, 15) is 4.79 Å². The lowest BCUT2D eigenvalue weighted by Crippen LogP contribution is -2.43. The van der Waals surface area contributed by atoms with E-state index in [1.165, 1.54) is 5.56 Å². The highest BCUT2D eigenvalue weighted by molar-refractivity contribution is 6.30. The number of rotatable bonds is 2. The Morgan fingerprint density at radius 3 is 2.18 bits per heavy atom. The minimum atomic E-state index is -0.305. The number of halogens is 1. The smallest absolute Gasteiger partial charge is 0.262 e. The number of carbonyl (C=O) groups is 1. The Morgan fingerprint density at radius 2 is 1.54 bits per heavy atom. The molecule has 1 amide bonds. The zero-order chi connectivity index (χ0) is 19.9. The van der Waals surface area contributed by atoms with Gasteiger partial charge in [0, 0.05) is 16.4 Å². The third-order valence-corrected chi connectivity index (χ3v) is 5.38. The molecule has 4 rings (SSSR count). The molecule has 1 aliphatic heterocycles. The zero-order valence-electron chi connectivity index (χ0n) is 16.2. The highest BCUT2D eigenvalue weighted by atomic mass is 35.5. The first-order chi connectivity index (χ1) is 13.3. The molecule has 3 nitrogen and oxygen atoms in total. The third kappa shape index (κ3) is 3.38. The second kappa shape index (κ2) is 6.99. The molecular formula is C24H23ClN2O. The lowest BCUT2D eigenvalue weighted by molar-refractivity contribution is 0.0975. The number of nitrogens with zero attached hydrogens (tertiary/aromatic N) is 1. The second-order valence-electron chi connectivity index (χ2n) is 8.12. The molecule has 1 N–H and O–H groups in total. The fourth-order valence-corrected chi connectivity index (χ4v) is 3.65. The van der Waals surface area contributed by atoms with Gasteiger partial charge in [0.15, 0.2) is 0 Å². The number of para-hydroxylation sites is 1. The zero-order valence-corrected chi connectivity index (χ0v) is 17.0. The summed E-state index contributed by atoms with van der Waals surface area (Å²) < 4.78 is 0. The number of hydrogen-bond donors (Lipinski definition) is 1. The predicted octanol–water partition coefficient (Wildman–Crippen LogP) is 6.41. The molecule has 1 heterocycles. The van der Waals surface area contributed by atoms with Crippen molar-refractivity contribution in [2.45, 2.75) is 32.4 Å². The molecule has 0 radical (unpaired) electrons. The average Bonchev–Trinajstić information content (AvgIpc) is 2.68. The van der Waals surface area contributed by atoms with Crippen LogP contribution in [0.3, 0.4) is 0 Å². The quantitative estimate of drug-likeness (QED) is 0.548. The van der Waals surface area contributed by atoms with Gasteiger partial charge in [-0.15, -0.1) is 0 Å². The van der Waals surface area contributed by atoms with Gasteiger partial charge in [0.2, 0.25) is 0 Å². The molecule has 3 aromatic carbocycles. The number of anilines is 2. The highest BCUT2D eigenvalue weighted by Gasteiger charge is 2.34. The maximum Gasteiger partial charge on any atom is 0.262 e. The molecule has 28 heavy (non-hydrogen) atoms. The normalized spacial score (nSPS) is 16.5. The molecular weight excluding hydrogens is 368 g/mol. The maximum absolute atomic E-state index is 13.4. The Hall–Kier alpha value is -2.78. The number of benzene rings is 3. The summed E-state index contributed by atoms with van der Waals surface area (Å²) in [4.78, 5) is 15.2. The maximum atomic E-state index is 13.4. The minimum absolute atomic E-state index is 0.0159. The molecule has 0 saturated carbocycles. The lowest BCUT2D eigenvalue weighted by Gasteiger charge is -2.38. The molecule has 1 atom stereocenters. The monoisotopic (exact) mass is 390 g/mol. The van der Waals surface area contributed by atoms with Crippen LogP contribution in [0.4, 0.5) is 11.4 Å². The number of amides is 1. The van der Waals surface area contributed by atoms with Crippen LogP contribution >= 0.6 is 11.6 Å². The molecule has 142 valence electrons. The third-order valence-electron chi connectivity index (χ3n) is 5.12. The van der Waals surface area contributed by atoms with Gasteiger partial charge in [0.1, 0.15) is 6.17 Å². The summed E-state index contributed by atoms with van der Waals surface area (Å²) in [5.74, 6) is -0.0159. The molecule has 4 heteroatoms. The number of nitrogens with one attached hydrogen (secondary N) is 1. The van der Waals surface area contributed by atoms with E-state index in [1.54, 1.807) is 0 Å². The van der Waals surface area contributed by atoms with Gasteiger partial charge in [-0.25, -0.2) is 0 Å². The van der Waals surface area contributed by atoms with Gasteiger partial charge < -0.3 is 5.32 Å². The fraction of sp³-hybridized carbons (Fsp3) is 0.208. The Labute approximate surface area is 171 Å². The van der Waals surface area contributed by atoms with Crippen LogP contribution in [-0.2, 0) is 5.41 Å². The molecule has 0 fully saturated rings. The van der Waals surface area contributed by atoms with Gasteiger partial charge in [-0.2, -0.15) is 0 Å². The lowest BCUT2D eigenvalue weighted by atomic mass is 9.87. The van der Waals surface area contributed by atoms with Gasteiger partial charge in [0.25, 0.3) is 5.91 Å². The van der Waals surface area contributed by atoms with Crippen LogP contribution in [0.2, 0.25) is 5.02 Å². The van der Waals surface area contributed by atoms with Crippen molar-refractivity contribution in [2.75, 3.05) is 10.2 Å². The van der Waals surface area contributed by atoms with Crippen LogP contribution in [-0.4, -0.2) is 5.91 Å². The second-order valence-corrected chi connectivity index (χ2v) is 8.55. The van der Waals surface area contributed by atoms with E-state index in [0.717, 1.165) is 16.9 Å². The standard InChI is InChI=1S/C24H23ClN2O/c1-24(2,3)17-10-14-19(15-11-17)27-22(16-8-12-18(25)13-9-16)26-21-7-5-4-6-20(21)23(27)28/h4-15,22,26H,1-3H3. The fourth-order valence-electron chi connectivity index (χ4n) is 3.52. The van der Waals surface area contributed by atoms with Crippen molar-refractivity contribution in [1.29, 1.82) is 0 Å². The summed E-state index contributed by atoms with van der Waals surface area (Å²) in [7, 11) is 0. The first kappa shape index (κ1) is 18.6. The van der Waals surface area contributed by atoms with Crippen LogP contribution in [0.1, 0.15) is 48.4 Å². The van der Waals surface area contributed by atoms with E-state index < -0.39 is 0 Å². The first-order valence-corrected chi connectivity index (χ1v) is 9.77. The molecule has 3 aromatic rings. The molecule has 1 aliphatic rings. The van der Waals surface area contributed by atoms with E-state index in [0.29, 0.717) is 10.6 Å². The predicted molar refractivity (Wildman–Crippen MR) is 116 cm³/mol. The largest absolute Gasteiger partial charge is 0.360 e. The molecule has 0 aliphatic carbocycles. The van der Waals surface area contributed by atoms with E-state index in [1.807, 2.05) is 65.6 Å². The summed E-state index contributed by atoms with van der Waals surface area (Å²) in [6.07, 6.45) is -0.305. The van der Waals surface area contributed by atoms with Gasteiger partial charge in [-0.05, 0) is 52.9 Å². The van der Waals surface area contributed by atoms with E-state index in [-0.39, 0.29) is 17.5 Å². The molecule has 0 spiro atoms. The number of fused-ring (bicyclic) bond motifs is 1. The first-order valence-electron chi connectivity index (χ1n) is 9.40. The number of hydrogen-bond acceptors (Lipinski definition) is 2. The molecule has 1 unspecified atom stereocenters. The van der Waals surface area contributed by atoms with Crippen molar-refractivity contribution in [3.63, 3.8) is 0 Å². The summed E-state index contributed by atoms with van der Waals surface area (Å²) >= 11 is 6.07. The Balaban J connectivity index is 1.81. The Kier molecular flexibility index (Phi) is 4.64. The Morgan fingerprint density at radius 1 is 0.893 bits per heavy atom. The van der Waals surface area contributed by atoms with Crippen LogP contribution < -0.4 is 10.2 Å². The van der Waals surface area contributed by atoms with Gasteiger partial charge >= 0.3 is 0 Å². The summed E-state index contributed by atoms with van der Waals surface area (Å²) in [6.45, 7) is 6.55. The minimum Gasteiger partial charge on any atom is -0.360 e. The molecule has 0 bridgehead atoms. The van der Waals surface area contributed by atoms with E-state index in [4.69, 9.17) is 11.6 Å². The van der Waals surface area contributed by atoms with Gasteiger partial charge in [-0.3, -0.25) is 9.69 Å². The van der Waals surface area contributed by atoms with Crippen molar-refractivity contribution >= 4 is 28.9 Å². The molecule has 0 saturated heterocycles. The number of carbonyl (C=O) groups excluding carboxylic acids is 1. The topological polar surface area (TPSA) is 32.3 Å². The highest BCUT2D eigenvalue weighted by Crippen LogP contribution is 2.37.